The summed E-state index contributed by atoms with van der Waals surface area (Å²) < 4.78 is 0. The quantitative estimate of drug-likeness (QED) is 0.618. The fourth-order valence-corrected chi connectivity index (χ4v) is 9.51. The molecular weight excluding hydrogens is 360 g/mol. The smallest absolute Gasteiger partial charge is 0.0295 e. The molecule has 4 aliphatic carbocycles. The van der Waals surface area contributed by atoms with Crippen molar-refractivity contribution >= 4 is 43.6 Å². The van der Waals surface area contributed by atoms with Gasteiger partial charge in [-0.1, -0.05) is 31.9 Å². The van der Waals surface area contributed by atoms with Crippen LogP contribution in [0.15, 0.2) is 0 Å². The molecule has 0 aliphatic heterocycles. The largest absolute Gasteiger partial charge is 0.152 e. The van der Waals surface area contributed by atoms with Gasteiger partial charge in [-0.05, 0) is 62.2 Å². The summed E-state index contributed by atoms with van der Waals surface area (Å²) in [4.78, 5) is 1.65. The first kappa shape index (κ1) is 12.1. The number of halogens is 2. The van der Waals surface area contributed by atoms with Crippen molar-refractivity contribution in [1.29, 1.82) is 0 Å². The lowest BCUT2D eigenvalue weighted by Crippen LogP contribution is -2.32. The Labute approximate surface area is 125 Å². The molecule has 17 heavy (non-hydrogen) atoms. The topological polar surface area (TPSA) is 0 Å². The average Bonchev–Trinajstić information content (AvgIpc) is 3.05. The van der Waals surface area contributed by atoms with Gasteiger partial charge >= 0.3 is 0 Å². The minimum Gasteiger partial charge on any atom is -0.152 e. The van der Waals surface area contributed by atoms with Gasteiger partial charge in [-0.25, -0.2) is 0 Å². The molecule has 0 radical (unpaired) electrons. The molecule has 0 aromatic rings. The third kappa shape index (κ3) is 1.81. The van der Waals surface area contributed by atoms with E-state index in [-0.39, 0.29) is 0 Å². The van der Waals surface area contributed by atoms with E-state index in [1.165, 1.54) is 38.5 Å². The molecule has 0 amide bonds. The number of hydrogen-bond acceptors (Lipinski definition) is 1. The molecule has 8 atom stereocenters. The van der Waals surface area contributed by atoms with Crippen LogP contribution < -0.4 is 0 Å². The van der Waals surface area contributed by atoms with Gasteiger partial charge in [-0.3, -0.25) is 0 Å². The van der Waals surface area contributed by atoms with Crippen LogP contribution in [0.1, 0.15) is 38.5 Å². The number of hydrogen-bond donors (Lipinski definition) is 0. The highest BCUT2D eigenvalue weighted by molar-refractivity contribution is 9.10. The number of rotatable bonds is 2. The summed E-state index contributed by atoms with van der Waals surface area (Å²) in [5.74, 6) is 4.08. The molecule has 0 spiro atoms. The van der Waals surface area contributed by atoms with Gasteiger partial charge in [0.1, 0.15) is 0 Å². The molecule has 0 aromatic heterocycles. The normalized spacial score (nSPS) is 60.4. The Bertz CT molecular complexity index is 287. The van der Waals surface area contributed by atoms with E-state index < -0.39 is 0 Å². The zero-order valence-corrected chi connectivity index (χ0v) is 14.0. The predicted molar refractivity (Wildman–Crippen MR) is 82.3 cm³/mol. The van der Waals surface area contributed by atoms with Crippen LogP contribution in [-0.4, -0.2) is 20.2 Å². The molecule has 4 fully saturated rings. The molecule has 4 rings (SSSR count). The second kappa shape index (κ2) is 4.41. The van der Waals surface area contributed by atoms with Gasteiger partial charge in [0.25, 0.3) is 0 Å². The molecule has 4 aliphatic rings. The molecule has 4 bridgehead atoms. The number of thioether (sulfide) groups is 1. The zero-order valence-electron chi connectivity index (χ0n) is 10.0. The van der Waals surface area contributed by atoms with Crippen molar-refractivity contribution in [2.75, 3.05) is 0 Å². The van der Waals surface area contributed by atoms with Gasteiger partial charge in [0.2, 0.25) is 0 Å². The van der Waals surface area contributed by atoms with Gasteiger partial charge < -0.3 is 0 Å². The SMILES string of the molecule is Br[C@H]1[C@@H]2CC[C@@H](C2)[C@H]1S[C@H]1[C@@H]2CC[C@@H](C2)[C@@H]1Br. The van der Waals surface area contributed by atoms with E-state index in [1.54, 1.807) is 0 Å². The summed E-state index contributed by atoms with van der Waals surface area (Å²) in [6.07, 6.45) is 9.04. The Morgan fingerprint density at radius 1 is 0.647 bits per heavy atom. The van der Waals surface area contributed by atoms with E-state index in [4.69, 9.17) is 0 Å². The lowest BCUT2D eigenvalue weighted by Gasteiger charge is -2.34. The lowest BCUT2D eigenvalue weighted by atomic mass is 9.99. The van der Waals surface area contributed by atoms with Crippen LogP contribution in [0.4, 0.5) is 0 Å². The average molecular weight is 380 g/mol. The lowest BCUT2D eigenvalue weighted by molar-refractivity contribution is 0.488. The maximum Gasteiger partial charge on any atom is 0.0295 e. The molecule has 0 aromatic carbocycles. The van der Waals surface area contributed by atoms with Crippen LogP contribution in [0.5, 0.6) is 0 Å². The van der Waals surface area contributed by atoms with Crippen LogP contribution in [-0.2, 0) is 0 Å². The summed E-state index contributed by atoms with van der Waals surface area (Å²) in [5.41, 5.74) is 0. The molecule has 0 nitrogen and oxygen atoms in total. The fraction of sp³-hybridized carbons (Fsp3) is 1.00. The van der Waals surface area contributed by atoms with Crippen LogP contribution in [0.25, 0.3) is 0 Å². The van der Waals surface area contributed by atoms with Crippen molar-refractivity contribution in [1.82, 2.24) is 0 Å². The van der Waals surface area contributed by atoms with Crippen molar-refractivity contribution in [2.45, 2.75) is 58.7 Å². The van der Waals surface area contributed by atoms with Crippen LogP contribution >= 0.6 is 43.6 Å². The van der Waals surface area contributed by atoms with E-state index in [9.17, 15) is 0 Å². The Morgan fingerprint density at radius 3 is 1.41 bits per heavy atom. The Hall–Kier alpha value is 1.31. The minimum absolute atomic E-state index is 0.824. The molecule has 3 heteroatoms. The summed E-state index contributed by atoms with van der Waals surface area (Å²) in [6, 6.07) is 0. The Morgan fingerprint density at radius 2 is 1.06 bits per heavy atom. The van der Waals surface area contributed by atoms with Gasteiger partial charge in [0, 0.05) is 20.2 Å². The monoisotopic (exact) mass is 378 g/mol. The first-order valence-corrected chi connectivity index (χ1v) is 9.95. The second-order valence-electron chi connectivity index (χ2n) is 6.62. The van der Waals surface area contributed by atoms with Gasteiger partial charge in [-0.2, -0.15) is 11.8 Å². The fourth-order valence-electron chi connectivity index (χ4n) is 4.89. The van der Waals surface area contributed by atoms with E-state index in [0.717, 1.165) is 43.8 Å². The summed E-state index contributed by atoms with van der Waals surface area (Å²) in [6.45, 7) is 0. The van der Waals surface area contributed by atoms with Crippen molar-refractivity contribution in [3.05, 3.63) is 0 Å². The summed E-state index contributed by atoms with van der Waals surface area (Å²) >= 11 is 10.4. The van der Waals surface area contributed by atoms with E-state index in [1.807, 2.05) is 0 Å². The van der Waals surface area contributed by atoms with Crippen molar-refractivity contribution < 1.29 is 0 Å². The first-order valence-electron chi connectivity index (χ1n) is 7.17. The highest BCUT2D eigenvalue weighted by Crippen LogP contribution is 2.59. The molecule has 4 saturated carbocycles. The third-order valence-electron chi connectivity index (χ3n) is 5.80. The van der Waals surface area contributed by atoms with Crippen LogP contribution in [0, 0.1) is 23.7 Å². The molecular formula is C14H20Br2S. The van der Waals surface area contributed by atoms with Gasteiger partial charge in [-0.15, -0.1) is 0 Å². The summed E-state index contributed by atoms with van der Waals surface area (Å²) in [7, 11) is 0. The maximum absolute atomic E-state index is 4.01. The molecule has 0 N–H and O–H groups in total. The maximum atomic E-state index is 4.01. The van der Waals surface area contributed by atoms with Crippen molar-refractivity contribution in [3.8, 4) is 0 Å². The van der Waals surface area contributed by atoms with Crippen molar-refractivity contribution in [3.63, 3.8) is 0 Å². The Kier molecular flexibility index (Phi) is 3.13. The van der Waals surface area contributed by atoms with Crippen molar-refractivity contribution in [2.24, 2.45) is 23.7 Å². The molecule has 0 unspecified atom stereocenters. The number of alkyl halides is 2. The second-order valence-corrected chi connectivity index (χ2v) is 10.1. The Balaban J connectivity index is 1.47. The molecule has 96 valence electrons. The van der Waals surface area contributed by atoms with Crippen LogP contribution in [0.2, 0.25) is 0 Å². The van der Waals surface area contributed by atoms with Gasteiger partial charge in [0.15, 0.2) is 0 Å². The summed E-state index contributed by atoms with van der Waals surface area (Å²) in [5, 5.41) is 1.86. The molecule has 0 saturated heterocycles. The van der Waals surface area contributed by atoms with Gasteiger partial charge in [0.05, 0.1) is 0 Å². The highest BCUT2D eigenvalue weighted by Gasteiger charge is 2.52. The predicted octanol–water partition coefficient (Wildman–Crippen LogP) is 4.84. The van der Waals surface area contributed by atoms with E-state index >= 15 is 0 Å². The van der Waals surface area contributed by atoms with E-state index in [2.05, 4.69) is 43.6 Å². The third-order valence-corrected chi connectivity index (χ3v) is 11.1. The highest BCUT2D eigenvalue weighted by atomic mass is 79.9. The minimum atomic E-state index is 0.824. The van der Waals surface area contributed by atoms with Crippen LogP contribution in [0.3, 0.4) is 0 Å². The number of fused-ring (bicyclic) bond motifs is 4. The molecule has 0 heterocycles. The zero-order chi connectivity index (χ0) is 11.6. The first-order chi connectivity index (χ1) is 8.24. The standard InChI is InChI=1S/C14H20Br2S/c15-11-7-1-3-9(5-7)13(11)17-14-10-4-2-8(6-10)12(14)16/h7-14H,1-6H2/t7-,8+,9+,10-,11-,12-,13-,14+/m0/s1. The van der Waals surface area contributed by atoms with E-state index in [0.29, 0.717) is 0 Å².